The number of ether oxygens (including phenoxy) is 2. The van der Waals surface area contributed by atoms with Crippen LogP contribution in [0.2, 0.25) is 0 Å². The molecule has 4 fully saturated rings. The molecule has 4 bridgehead atoms. The normalized spacial score (nSPS) is 56.1. The van der Waals surface area contributed by atoms with E-state index in [1.165, 1.54) is 12.8 Å². The molecular weight excluding hydrogens is 264 g/mol. The first kappa shape index (κ1) is 12.7. The van der Waals surface area contributed by atoms with Crippen molar-refractivity contribution >= 4 is 5.97 Å². The Labute approximate surface area is 126 Å². The lowest BCUT2D eigenvalue weighted by molar-refractivity contribution is -0.186. The van der Waals surface area contributed by atoms with Crippen LogP contribution < -0.4 is 0 Å². The quantitative estimate of drug-likeness (QED) is 0.445. The molecule has 5 rings (SSSR count). The summed E-state index contributed by atoms with van der Waals surface area (Å²) in [5, 5.41) is 0. The second-order valence-corrected chi connectivity index (χ2v) is 8.17. The summed E-state index contributed by atoms with van der Waals surface area (Å²) in [7, 11) is 0. The van der Waals surface area contributed by atoms with Crippen LogP contribution in [0.5, 0.6) is 0 Å². The van der Waals surface area contributed by atoms with Gasteiger partial charge in [0.25, 0.3) is 0 Å². The molecular formula is C18H24O3. The predicted octanol–water partition coefficient (Wildman–Crippen LogP) is 3.15. The molecule has 8 atom stereocenters. The van der Waals surface area contributed by atoms with E-state index in [0.29, 0.717) is 5.92 Å². The highest BCUT2D eigenvalue weighted by atomic mass is 16.7. The van der Waals surface area contributed by atoms with Crippen molar-refractivity contribution in [2.24, 2.45) is 40.9 Å². The molecule has 21 heavy (non-hydrogen) atoms. The minimum absolute atomic E-state index is 0.0205. The van der Waals surface area contributed by atoms with Crippen LogP contribution in [-0.2, 0) is 14.3 Å². The van der Waals surface area contributed by atoms with Gasteiger partial charge in [0.2, 0.25) is 6.29 Å². The fraction of sp³-hybridized carbons (Fsp3) is 0.833. The number of hydrogen-bond donors (Lipinski definition) is 0. The molecule has 0 spiro atoms. The van der Waals surface area contributed by atoms with E-state index < -0.39 is 0 Å². The summed E-state index contributed by atoms with van der Waals surface area (Å²) in [6.07, 6.45) is 10.1. The number of carbonyl (C=O) groups excluding carboxylic acids is 1. The molecule has 0 N–H and O–H groups in total. The van der Waals surface area contributed by atoms with Crippen LogP contribution in [0.4, 0.5) is 0 Å². The SMILES string of the molecule is CC1(C(=O)OC2CCCO2)CC2CC1C1C3C=CC(C3)C21. The third kappa shape index (κ3) is 1.56. The summed E-state index contributed by atoms with van der Waals surface area (Å²) < 4.78 is 11.2. The third-order valence-electron chi connectivity index (χ3n) is 7.25. The lowest BCUT2D eigenvalue weighted by Gasteiger charge is -2.42. The zero-order valence-electron chi connectivity index (χ0n) is 12.7. The Bertz CT molecular complexity index is 507. The Kier molecular flexibility index (Phi) is 2.49. The van der Waals surface area contributed by atoms with E-state index in [1.807, 2.05) is 0 Å². The van der Waals surface area contributed by atoms with Crippen molar-refractivity contribution in [3.05, 3.63) is 12.2 Å². The van der Waals surface area contributed by atoms with Gasteiger partial charge in [-0.2, -0.15) is 0 Å². The lowest BCUT2D eigenvalue weighted by Crippen LogP contribution is -2.44. The molecule has 3 nitrogen and oxygen atoms in total. The van der Waals surface area contributed by atoms with E-state index >= 15 is 0 Å². The highest BCUT2D eigenvalue weighted by molar-refractivity contribution is 5.78. The maximum Gasteiger partial charge on any atom is 0.314 e. The number of rotatable bonds is 2. The Balaban J connectivity index is 1.38. The van der Waals surface area contributed by atoms with Crippen molar-refractivity contribution in [3.63, 3.8) is 0 Å². The van der Waals surface area contributed by atoms with Gasteiger partial charge in [0.15, 0.2) is 0 Å². The Morgan fingerprint density at radius 3 is 2.81 bits per heavy atom. The first-order valence-electron chi connectivity index (χ1n) is 8.68. The molecule has 0 amide bonds. The highest BCUT2D eigenvalue weighted by Gasteiger charge is 2.67. The fourth-order valence-corrected chi connectivity index (χ4v) is 6.50. The maximum absolute atomic E-state index is 12.8. The van der Waals surface area contributed by atoms with Gasteiger partial charge in [0, 0.05) is 6.42 Å². The zero-order valence-corrected chi connectivity index (χ0v) is 12.7. The van der Waals surface area contributed by atoms with Gasteiger partial charge in [-0.3, -0.25) is 4.79 Å². The van der Waals surface area contributed by atoms with E-state index in [9.17, 15) is 4.79 Å². The van der Waals surface area contributed by atoms with Crippen molar-refractivity contribution in [3.8, 4) is 0 Å². The first-order valence-corrected chi connectivity index (χ1v) is 8.68. The molecule has 114 valence electrons. The Hall–Kier alpha value is -0.830. The van der Waals surface area contributed by atoms with E-state index in [1.54, 1.807) is 0 Å². The molecule has 3 heteroatoms. The number of allylic oxidation sites excluding steroid dienone is 2. The van der Waals surface area contributed by atoms with E-state index in [-0.39, 0.29) is 17.7 Å². The summed E-state index contributed by atoms with van der Waals surface area (Å²) in [4.78, 5) is 12.8. The molecule has 1 aliphatic heterocycles. The van der Waals surface area contributed by atoms with Gasteiger partial charge < -0.3 is 9.47 Å². The molecule has 3 saturated carbocycles. The van der Waals surface area contributed by atoms with Gasteiger partial charge >= 0.3 is 5.97 Å². The fourth-order valence-electron chi connectivity index (χ4n) is 6.50. The molecule has 1 saturated heterocycles. The largest absolute Gasteiger partial charge is 0.435 e. The topological polar surface area (TPSA) is 35.5 Å². The van der Waals surface area contributed by atoms with Gasteiger partial charge in [-0.05, 0) is 68.1 Å². The number of hydrogen-bond acceptors (Lipinski definition) is 3. The second kappa shape index (κ2) is 4.13. The summed E-state index contributed by atoms with van der Waals surface area (Å²) in [6, 6.07) is 0. The van der Waals surface area contributed by atoms with Crippen LogP contribution in [0.3, 0.4) is 0 Å². The third-order valence-corrected chi connectivity index (χ3v) is 7.25. The number of esters is 1. The Morgan fingerprint density at radius 1 is 1.24 bits per heavy atom. The predicted molar refractivity (Wildman–Crippen MR) is 77.1 cm³/mol. The first-order chi connectivity index (χ1) is 10.2. The molecule has 8 unspecified atom stereocenters. The van der Waals surface area contributed by atoms with Gasteiger partial charge in [-0.25, -0.2) is 0 Å². The minimum Gasteiger partial charge on any atom is -0.435 e. The number of fused-ring (bicyclic) bond motifs is 9. The molecule has 1 heterocycles. The molecule has 0 aromatic heterocycles. The Morgan fingerprint density at radius 2 is 2.05 bits per heavy atom. The standard InChI is InChI=1S/C18H24O3/c1-18(17(19)21-14-3-2-6-20-14)9-12-8-13(18)16-11-5-4-10(7-11)15(12)16/h4-5,10-16H,2-3,6-9H2,1H3. The van der Waals surface area contributed by atoms with Crippen LogP contribution in [0.15, 0.2) is 12.2 Å². The van der Waals surface area contributed by atoms with Crippen molar-refractivity contribution in [2.45, 2.75) is 45.3 Å². The smallest absolute Gasteiger partial charge is 0.314 e. The summed E-state index contributed by atoms with van der Waals surface area (Å²) >= 11 is 0. The van der Waals surface area contributed by atoms with Crippen molar-refractivity contribution in [1.82, 2.24) is 0 Å². The van der Waals surface area contributed by atoms with Crippen molar-refractivity contribution < 1.29 is 14.3 Å². The molecule has 4 aliphatic carbocycles. The van der Waals surface area contributed by atoms with Crippen LogP contribution >= 0.6 is 0 Å². The summed E-state index contributed by atoms with van der Waals surface area (Å²) in [6.45, 7) is 2.90. The number of carbonyl (C=O) groups is 1. The average Bonchev–Trinajstić information content (AvgIpc) is 3.24. The maximum atomic E-state index is 12.8. The van der Waals surface area contributed by atoms with Crippen LogP contribution in [-0.4, -0.2) is 18.9 Å². The van der Waals surface area contributed by atoms with Crippen molar-refractivity contribution in [2.75, 3.05) is 6.61 Å². The van der Waals surface area contributed by atoms with Gasteiger partial charge in [0.1, 0.15) is 0 Å². The van der Waals surface area contributed by atoms with E-state index in [0.717, 1.165) is 55.5 Å². The van der Waals surface area contributed by atoms with E-state index in [2.05, 4.69) is 19.1 Å². The zero-order chi connectivity index (χ0) is 14.2. The van der Waals surface area contributed by atoms with Crippen LogP contribution in [0, 0.1) is 40.9 Å². The molecule has 0 radical (unpaired) electrons. The molecule has 0 aromatic carbocycles. The van der Waals surface area contributed by atoms with Crippen LogP contribution in [0.25, 0.3) is 0 Å². The second-order valence-electron chi connectivity index (χ2n) is 8.17. The lowest BCUT2D eigenvalue weighted by atomic mass is 9.63. The van der Waals surface area contributed by atoms with E-state index in [4.69, 9.17) is 9.47 Å². The molecule has 5 aliphatic rings. The monoisotopic (exact) mass is 288 g/mol. The van der Waals surface area contributed by atoms with Gasteiger partial charge in [0.05, 0.1) is 12.0 Å². The summed E-state index contributed by atoms with van der Waals surface area (Å²) in [5.41, 5.74) is -0.254. The summed E-state index contributed by atoms with van der Waals surface area (Å²) in [5.74, 6) is 4.49. The van der Waals surface area contributed by atoms with Crippen molar-refractivity contribution in [1.29, 1.82) is 0 Å². The van der Waals surface area contributed by atoms with Gasteiger partial charge in [-0.1, -0.05) is 12.2 Å². The minimum atomic E-state index is -0.274. The molecule has 0 aromatic rings. The van der Waals surface area contributed by atoms with Gasteiger partial charge in [-0.15, -0.1) is 0 Å². The highest BCUT2D eigenvalue weighted by Crippen LogP contribution is 2.70. The van der Waals surface area contributed by atoms with Crippen LogP contribution in [0.1, 0.15) is 39.0 Å². The average molecular weight is 288 g/mol.